The molecule has 0 spiro atoms. The quantitative estimate of drug-likeness (QED) is 0.381. The molecule has 0 aliphatic rings. The molecule has 0 aromatic carbocycles. The predicted octanol–water partition coefficient (Wildman–Crippen LogP) is 0.940. The third-order valence-corrected chi connectivity index (χ3v) is 0.235. The van der Waals surface area contributed by atoms with Crippen LogP contribution in [0.1, 0.15) is 6.92 Å². The maximum absolute atomic E-state index is 10.7. The van der Waals surface area contributed by atoms with Crippen molar-refractivity contribution in [3.63, 3.8) is 0 Å². The van der Waals surface area contributed by atoms with Gasteiger partial charge in [-0.05, 0) is 12.8 Å². The molecule has 6 heavy (non-hydrogen) atoms. The van der Waals surface area contributed by atoms with Crippen LogP contribution in [0.25, 0.3) is 0 Å². The first-order valence-corrected chi connectivity index (χ1v) is 1.44. The topological polar surface area (TPSA) is 0 Å². The molecule has 0 aromatic rings. The zero-order valence-electron chi connectivity index (χ0n) is 3.38. The average molecular weight is 82.1 g/mol. The minimum absolute atomic E-state index is 1.14. The lowest BCUT2D eigenvalue weighted by molar-refractivity contribution is 0.774. The number of hydrogen-bond donors (Lipinski definition) is 0. The van der Waals surface area contributed by atoms with Gasteiger partial charge in [-0.3, -0.25) is 0 Å². The summed E-state index contributed by atoms with van der Waals surface area (Å²) in [6, 6.07) is 0. The minimum atomic E-state index is 1.14. The molecule has 30 valence electrons. The van der Waals surface area contributed by atoms with Crippen LogP contribution in [0, 0.1) is 23.9 Å². The Morgan fingerprint density at radius 1 is 1.33 bits per heavy atom. The molecule has 0 fully saturated rings. The van der Waals surface area contributed by atoms with Crippen LogP contribution < -0.4 is 0 Å². The molecular formula is C5H3F. The van der Waals surface area contributed by atoms with Gasteiger partial charge in [-0.25, -0.2) is 0 Å². The smallest absolute Gasteiger partial charge is 0.119 e. The summed E-state index contributed by atoms with van der Waals surface area (Å²) in [6.07, 6.45) is 1.14. The van der Waals surface area contributed by atoms with E-state index in [1.54, 1.807) is 6.92 Å². The summed E-state index contributed by atoms with van der Waals surface area (Å²) < 4.78 is 10.7. The second-order valence-electron chi connectivity index (χ2n) is 0.594. The van der Waals surface area contributed by atoms with Crippen molar-refractivity contribution in [3.8, 4) is 23.9 Å². The molecule has 0 nitrogen and oxygen atoms in total. The third kappa shape index (κ3) is 3.05. The standard InChI is InChI=1S/C5H3F/c1-2-3-4-5-6/h1H3. The van der Waals surface area contributed by atoms with E-state index in [1.807, 2.05) is 5.92 Å². The summed E-state index contributed by atoms with van der Waals surface area (Å²) in [5.41, 5.74) is 0. The number of rotatable bonds is 0. The highest BCUT2D eigenvalue weighted by atomic mass is 19.1. The van der Waals surface area contributed by atoms with Crippen molar-refractivity contribution in [2.45, 2.75) is 6.92 Å². The van der Waals surface area contributed by atoms with Gasteiger partial charge in [-0.1, -0.05) is 5.92 Å². The molecule has 0 saturated carbocycles. The lowest BCUT2D eigenvalue weighted by atomic mass is 10.6. The van der Waals surface area contributed by atoms with Crippen molar-refractivity contribution in [3.05, 3.63) is 0 Å². The summed E-state index contributed by atoms with van der Waals surface area (Å²) >= 11 is 0. The van der Waals surface area contributed by atoms with Crippen molar-refractivity contribution in [1.29, 1.82) is 0 Å². The summed E-state index contributed by atoms with van der Waals surface area (Å²) in [7, 11) is 0. The maximum atomic E-state index is 10.7. The van der Waals surface area contributed by atoms with Crippen LogP contribution >= 0.6 is 0 Å². The van der Waals surface area contributed by atoms with Gasteiger partial charge in [0.1, 0.15) is 6.17 Å². The SMILES string of the molecule is CC#CC#CF. The van der Waals surface area contributed by atoms with Crippen LogP contribution in [0.4, 0.5) is 4.39 Å². The van der Waals surface area contributed by atoms with Crippen molar-refractivity contribution < 1.29 is 4.39 Å². The van der Waals surface area contributed by atoms with E-state index < -0.39 is 0 Å². The zero-order chi connectivity index (χ0) is 4.83. The van der Waals surface area contributed by atoms with Crippen LogP contribution in [-0.4, -0.2) is 0 Å². The molecule has 0 heterocycles. The fourth-order valence-corrected chi connectivity index (χ4v) is 0.0861. The number of halogens is 1. The Morgan fingerprint density at radius 2 is 2.00 bits per heavy atom. The zero-order valence-corrected chi connectivity index (χ0v) is 3.38. The van der Waals surface area contributed by atoms with Gasteiger partial charge < -0.3 is 0 Å². The average Bonchev–Trinajstić information content (AvgIpc) is 1.61. The Bertz CT molecular complexity index is 107. The van der Waals surface area contributed by atoms with Gasteiger partial charge >= 0.3 is 0 Å². The second kappa shape index (κ2) is 4.05. The summed E-state index contributed by atoms with van der Waals surface area (Å²) in [4.78, 5) is 0. The summed E-state index contributed by atoms with van der Waals surface area (Å²) in [6.45, 7) is 1.60. The van der Waals surface area contributed by atoms with Gasteiger partial charge in [0.25, 0.3) is 0 Å². The lowest BCUT2D eigenvalue weighted by Crippen LogP contribution is -1.41. The van der Waals surface area contributed by atoms with Gasteiger partial charge in [0, 0.05) is 5.92 Å². The highest BCUT2D eigenvalue weighted by Gasteiger charge is 1.45. The molecule has 0 rings (SSSR count). The van der Waals surface area contributed by atoms with Crippen LogP contribution in [0.3, 0.4) is 0 Å². The molecule has 0 amide bonds. The molecule has 0 radical (unpaired) electrons. The van der Waals surface area contributed by atoms with Gasteiger partial charge in [0.15, 0.2) is 0 Å². The van der Waals surface area contributed by atoms with E-state index >= 15 is 0 Å². The lowest BCUT2D eigenvalue weighted by Gasteiger charge is -1.45. The molecule has 1 heteroatoms. The molecule has 0 saturated heterocycles. The van der Waals surface area contributed by atoms with E-state index in [-0.39, 0.29) is 0 Å². The van der Waals surface area contributed by atoms with E-state index in [4.69, 9.17) is 0 Å². The van der Waals surface area contributed by atoms with Crippen molar-refractivity contribution in [1.82, 2.24) is 0 Å². The van der Waals surface area contributed by atoms with Crippen LogP contribution in [0.15, 0.2) is 0 Å². The van der Waals surface area contributed by atoms with Gasteiger partial charge in [-0.15, -0.1) is 4.39 Å². The van der Waals surface area contributed by atoms with Gasteiger partial charge in [0.2, 0.25) is 0 Å². The normalized spacial score (nSPS) is 3.67. The number of hydrogen-bond acceptors (Lipinski definition) is 0. The van der Waals surface area contributed by atoms with Crippen molar-refractivity contribution in [2.75, 3.05) is 0 Å². The largest absolute Gasteiger partial charge is 0.143 e. The van der Waals surface area contributed by atoms with Crippen LogP contribution in [0.2, 0.25) is 0 Å². The second-order valence-corrected chi connectivity index (χ2v) is 0.594. The third-order valence-electron chi connectivity index (χ3n) is 0.235. The monoisotopic (exact) mass is 82.0 g/mol. The first-order chi connectivity index (χ1) is 2.91. The molecule has 0 aliphatic carbocycles. The fourth-order valence-electron chi connectivity index (χ4n) is 0.0861. The maximum Gasteiger partial charge on any atom is 0.119 e. The van der Waals surface area contributed by atoms with E-state index in [9.17, 15) is 4.39 Å². The Balaban J connectivity index is 3.43. The first kappa shape index (κ1) is 5.05. The Labute approximate surface area is 36.4 Å². The molecule has 0 aromatic heterocycles. The Morgan fingerprint density at radius 3 is 2.17 bits per heavy atom. The summed E-state index contributed by atoms with van der Waals surface area (Å²) in [5, 5.41) is 0. The highest BCUT2D eigenvalue weighted by molar-refractivity contribution is 5.22. The fraction of sp³-hybridized carbons (Fsp3) is 0.200. The molecule has 0 bridgehead atoms. The Kier molecular flexibility index (Phi) is 3.41. The summed E-state index contributed by atoms with van der Waals surface area (Å²) in [5.74, 6) is 6.54. The van der Waals surface area contributed by atoms with E-state index in [1.165, 1.54) is 0 Å². The predicted molar refractivity (Wildman–Crippen MR) is 22.3 cm³/mol. The van der Waals surface area contributed by atoms with Crippen LogP contribution in [-0.2, 0) is 0 Å². The molecular weight excluding hydrogens is 79.1 g/mol. The molecule has 0 unspecified atom stereocenters. The highest BCUT2D eigenvalue weighted by Crippen LogP contribution is 1.51. The minimum Gasteiger partial charge on any atom is -0.143 e. The van der Waals surface area contributed by atoms with E-state index in [0.717, 1.165) is 6.17 Å². The van der Waals surface area contributed by atoms with Crippen LogP contribution in [0.5, 0.6) is 0 Å². The first-order valence-electron chi connectivity index (χ1n) is 1.44. The molecule has 0 N–H and O–H groups in total. The van der Waals surface area contributed by atoms with Gasteiger partial charge in [-0.2, -0.15) is 0 Å². The van der Waals surface area contributed by atoms with Gasteiger partial charge in [0.05, 0.1) is 0 Å². The van der Waals surface area contributed by atoms with E-state index in [2.05, 4.69) is 11.8 Å². The van der Waals surface area contributed by atoms with Crippen molar-refractivity contribution >= 4 is 0 Å². The Hall–Kier alpha value is -0.950. The van der Waals surface area contributed by atoms with Crippen molar-refractivity contribution in [2.24, 2.45) is 0 Å². The molecule has 0 atom stereocenters. The van der Waals surface area contributed by atoms with E-state index in [0.29, 0.717) is 0 Å². The molecule has 0 aliphatic heterocycles.